The summed E-state index contributed by atoms with van der Waals surface area (Å²) in [4.78, 5) is 0. The zero-order valence-electron chi connectivity index (χ0n) is 20.2. The summed E-state index contributed by atoms with van der Waals surface area (Å²) in [5.41, 5.74) is 2.74. The van der Waals surface area contributed by atoms with Gasteiger partial charge in [-0.15, -0.1) is 6.58 Å². The predicted molar refractivity (Wildman–Crippen MR) is 134 cm³/mol. The molecular formula is C30H37F3O. The summed E-state index contributed by atoms with van der Waals surface area (Å²) in [6.07, 6.45) is 10.6. The number of benzene rings is 2. The highest BCUT2D eigenvalue weighted by molar-refractivity contribution is 5.27. The monoisotopic (exact) mass is 470 g/mol. The molecule has 0 spiro atoms. The van der Waals surface area contributed by atoms with E-state index in [1.165, 1.54) is 12.5 Å². The minimum absolute atomic E-state index is 0.169. The molecule has 184 valence electrons. The molecule has 0 aliphatic heterocycles. The molecule has 0 N–H and O–H groups in total. The quantitative estimate of drug-likeness (QED) is 0.281. The maximum atomic E-state index is 14.7. The fraction of sp³-hybridized carbons (Fsp3) is 0.467. The van der Waals surface area contributed by atoms with Crippen LogP contribution in [0.3, 0.4) is 0 Å². The van der Waals surface area contributed by atoms with Gasteiger partial charge in [0, 0.05) is 5.56 Å². The molecule has 1 aliphatic carbocycles. The van der Waals surface area contributed by atoms with Gasteiger partial charge in [-0.3, -0.25) is 0 Å². The van der Waals surface area contributed by atoms with E-state index in [9.17, 15) is 13.2 Å². The second-order valence-corrected chi connectivity index (χ2v) is 9.46. The van der Waals surface area contributed by atoms with Gasteiger partial charge in [0.05, 0.1) is 13.0 Å². The topological polar surface area (TPSA) is 9.23 Å². The molecule has 34 heavy (non-hydrogen) atoms. The molecule has 1 fully saturated rings. The Kier molecular flexibility index (Phi) is 10.0. The van der Waals surface area contributed by atoms with Crippen LogP contribution in [0, 0.1) is 11.7 Å². The van der Waals surface area contributed by atoms with Crippen molar-refractivity contribution in [2.24, 2.45) is 5.92 Å². The fourth-order valence-corrected chi connectivity index (χ4v) is 4.79. The summed E-state index contributed by atoms with van der Waals surface area (Å²) < 4.78 is 48.4. The first-order valence-corrected chi connectivity index (χ1v) is 12.5. The molecule has 0 unspecified atom stereocenters. The number of rotatable bonds is 12. The van der Waals surface area contributed by atoms with Crippen molar-refractivity contribution < 1.29 is 17.9 Å². The minimum Gasteiger partial charge on any atom is -0.315 e. The van der Waals surface area contributed by atoms with Gasteiger partial charge < -0.3 is 4.74 Å². The number of ether oxygens (including phenoxy) is 1. The minimum atomic E-state index is -3.36. The van der Waals surface area contributed by atoms with Gasteiger partial charge in [-0.05, 0) is 92.9 Å². The Hall–Kier alpha value is -2.33. The van der Waals surface area contributed by atoms with E-state index in [1.54, 1.807) is 18.2 Å². The van der Waals surface area contributed by atoms with Crippen molar-refractivity contribution in [1.29, 1.82) is 0 Å². The number of aryl methyl sites for hydroxylation is 1. The van der Waals surface area contributed by atoms with Crippen molar-refractivity contribution in [3.63, 3.8) is 0 Å². The Labute approximate surface area is 202 Å². The van der Waals surface area contributed by atoms with Crippen molar-refractivity contribution in [1.82, 2.24) is 0 Å². The van der Waals surface area contributed by atoms with Crippen LogP contribution in [0.4, 0.5) is 13.2 Å². The first-order chi connectivity index (χ1) is 16.4. The summed E-state index contributed by atoms with van der Waals surface area (Å²) in [5, 5.41) is 0. The summed E-state index contributed by atoms with van der Waals surface area (Å²) in [6.45, 7) is 5.32. The van der Waals surface area contributed by atoms with Crippen molar-refractivity contribution in [2.75, 3.05) is 0 Å². The van der Waals surface area contributed by atoms with Crippen molar-refractivity contribution in [3.8, 4) is 0 Å². The molecule has 0 radical (unpaired) electrons. The average Bonchev–Trinajstić information content (AvgIpc) is 2.83. The summed E-state index contributed by atoms with van der Waals surface area (Å²) in [7, 11) is 0. The van der Waals surface area contributed by atoms with Gasteiger partial charge in [-0.1, -0.05) is 54.6 Å². The van der Waals surface area contributed by atoms with Gasteiger partial charge >= 0.3 is 6.11 Å². The molecule has 2 aromatic carbocycles. The molecule has 0 bridgehead atoms. The highest BCUT2D eigenvalue weighted by atomic mass is 19.3. The molecule has 3 rings (SSSR count). The summed E-state index contributed by atoms with van der Waals surface area (Å²) >= 11 is 0. The van der Waals surface area contributed by atoms with Gasteiger partial charge in [-0.2, -0.15) is 8.78 Å². The van der Waals surface area contributed by atoms with E-state index in [4.69, 9.17) is 4.74 Å². The van der Waals surface area contributed by atoms with Gasteiger partial charge in [0.2, 0.25) is 0 Å². The van der Waals surface area contributed by atoms with Crippen molar-refractivity contribution in [3.05, 3.63) is 95.3 Å². The Morgan fingerprint density at radius 2 is 1.71 bits per heavy atom. The van der Waals surface area contributed by atoms with E-state index in [0.717, 1.165) is 62.0 Å². The molecule has 0 aromatic heterocycles. The zero-order chi connectivity index (χ0) is 24.4. The van der Waals surface area contributed by atoms with Crippen LogP contribution in [0.25, 0.3) is 0 Å². The van der Waals surface area contributed by atoms with Crippen LogP contribution in [-0.2, 0) is 24.2 Å². The van der Waals surface area contributed by atoms with E-state index < -0.39 is 25.0 Å². The van der Waals surface area contributed by atoms with E-state index in [0.29, 0.717) is 11.5 Å². The molecule has 1 saturated carbocycles. The molecule has 4 heteroatoms. The van der Waals surface area contributed by atoms with Crippen LogP contribution in [0.1, 0.15) is 80.0 Å². The molecule has 1 nitrogen and oxygen atoms in total. The van der Waals surface area contributed by atoms with Gasteiger partial charge in [-0.25, -0.2) is 4.39 Å². The van der Waals surface area contributed by atoms with Crippen LogP contribution >= 0.6 is 0 Å². The molecule has 0 saturated heterocycles. The molecule has 0 amide bonds. The standard InChI is InChI=1S/C30H37F3O/c1-3-5-7-9-24-10-12-25(13-11-24)21-30(32,33)34-22-28-19-18-27(20-29(28)31)26-16-14-23(15-17-26)8-6-4-2/h3-5,10-13,18-20,23,26H,2,6-9,14-17,21-22H2,1H3/b5-3+. The van der Waals surface area contributed by atoms with Gasteiger partial charge in [0.25, 0.3) is 0 Å². The Bertz CT molecular complexity index is 925. The molecule has 0 heterocycles. The summed E-state index contributed by atoms with van der Waals surface area (Å²) in [5.74, 6) is 0.600. The normalized spacial score (nSPS) is 18.9. The largest absolute Gasteiger partial charge is 0.360 e. The third-order valence-electron chi connectivity index (χ3n) is 6.88. The molecule has 2 aromatic rings. The SMILES string of the molecule is C=CCCC1CCC(c2ccc(COC(F)(F)Cc3ccc(CC/C=C/C)cc3)c(F)c2)CC1. The van der Waals surface area contributed by atoms with Crippen molar-refractivity contribution in [2.45, 2.75) is 83.3 Å². The molecule has 0 atom stereocenters. The van der Waals surface area contributed by atoms with Crippen LogP contribution in [0.2, 0.25) is 0 Å². The lowest BCUT2D eigenvalue weighted by molar-refractivity contribution is -0.244. The number of hydrogen-bond donors (Lipinski definition) is 0. The van der Waals surface area contributed by atoms with Crippen LogP contribution in [0.5, 0.6) is 0 Å². The van der Waals surface area contributed by atoms with E-state index in [1.807, 2.05) is 37.3 Å². The molecular weight excluding hydrogens is 433 g/mol. The number of hydrogen-bond acceptors (Lipinski definition) is 1. The van der Waals surface area contributed by atoms with Crippen LogP contribution < -0.4 is 0 Å². The fourth-order valence-electron chi connectivity index (χ4n) is 4.79. The Morgan fingerprint density at radius 1 is 1.00 bits per heavy atom. The average molecular weight is 471 g/mol. The lowest BCUT2D eigenvalue weighted by Crippen LogP contribution is -2.24. The van der Waals surface area contributed by atoms with E-state index in [2.05, 4.69) is 12.7 Å². The molecule has 1 aliphatic rings. The predicted octanol–water partition coefficient (Wildman–Crippen LogP) is 8.93. The first-order valence-electron chi connectivity index (χ1n) is 12.5. The number of halogens is 3. The zero-order valence-corrected chi connectivity index (χ0v) is 20.2. The van der Waals surface area contributed by atoms with Gasteiger partial charge in [0.15, 0.2) is 0 Å². The second-order valence-electron chi connectivity index (χ2n) is 9.46. The second kappa shape index (κ2) is 12.9. The summed E-state index contributed by atoms with van der Waals surface area (Å²) in [6, 6.07) is 12.2. The van der Waals surface area contributed by atoms with Crippen LogP contribution in [-0.4, -0.2) is 6.11 Å². The lowest BCUT2D eigenvalue weighted by atomic mass is 9.77. The van der Waals surface area contributed by atoms with E-state index >= 15 is 0 Å². The van der Waals surface area contributed by atoms with Crippen molar-refractivity contribution >= 4 is 0 Å². The highest BCUT2D eigenvalue weighted by Crippen LogP contribution is 2.38. The maximum absolute atomic E-state index is 14.7. The number of allylic oxidation sites excluding steroid dienone is 3. The third-order valence-corrected chi connectivity index (χ3v) is 6.88. The smallest absolute Gasteiger partial charge is 0.315 e. The highest BCUT2D eigenvalue weighted by Gasteiger charge is 2.31. The van der Waals surface area contributed by atoms with Gasteiger partial charge in [0.1, 0.15) is 5.82 Å². The maximum Gasteiger partial charge on any atom is 0.360 e. The Balaban J connectivity index is 1.50. The Morgan fingerprint density at radius 3 is 2.35 bits per heavy atom. The van der Waals surface area contributed by atoms with E-state index in [-0.39, 0.29) is 5.56 Å². The number of alkyl halides is 2. The van der Waals surface area contributed by atoms with Crippen LogP contribution in [0.15, 0.2) is 67.3 Å². The lowest BCUT2D eigenvalue weighted by Gasteiger charge is -2.28. The first kappa shape index (κ1) is 26.3. The third kappa shape index (κ3) is 8.16.